The van der Waals surface area contributed by atoms with Crippen molar-refractivity contribution >= 4 is 0 Å². The first-order valence-electron chi connectivity index (χ1n) is 5.62. The quantitative estimate of drug-likeness (QED) is 0.720. The Hall–Kier alpha value is -0.0800. The van der Waals surface area contributed by atoms with Crippen molar-refractivity contribution in [2.75, 3.05) is 13.7 Å². The fraction of sp³-hybridized carbons (Fsp3) is 1.00. The highest BCUT2D eigenvalue weighted by Gasteiger charge is 2.37. The maximum Gasteiger partial charge on any atom is 0.0590 e. The zero-order valence-electron chi connectivity index (χ0n) is 8.75. The summed E-state index contributed by atoms with van der Waals surface area (Å²) in [6.07, 6.45) is 6.01. The first-order valence-corrected chi connectivity index (χ1v) is 5.62. The zero-order chi connectivity index (χ0) is 9.26. The van der Waals surface area contributed by atoms with Crippen LogP contribution in [0.2, 0.25) is 0 Å². The van der Waals surface area contributed by atoms with Gasteiger partial charge in [0.15, 0.2) is 0 Å². The van der Waals surface area contributed by atoms with Crippen molar-refractivity contribution in [1.29, 1.82) is 0 Å². The smallest absolute Gasteiger partial charge is 0.0590 e. The highest BCUT2D eigenvalue weighted by Crippen LogP contribution is 2.37. The van der Waals surface area contributed by atoms with Crippen LogP contribution in [0.1, 0.15) is 32.6 Å². The summed E-state index contributed by atoms with van der Waals surface area (Å²) in [5, 5.41) is 3.50. The van der Waals surface area contributed by atoms with Gasteiger partial charge in [-0.1, -0.05) is 6.42 Å². The van der Waals surface area contributed by atoms with Crippen LogP contribution in [0.25, 0.3) is 0 Å². The van der Waals surface area contributed by atoms with E-state index in [-0.39, 0.29) is 0 Å². The van der Waals surface area contributed by atoms with Gasteiger partial charge in [0, 0.05) is 18.6 Å². The Morgan fingerprint density at radius 1 is 1.31 bits per heavy atom. The molecular weight excluding hydrogens is 162 g/mol. The van der Waals surface area contributed by atoms with E-state index in [1.54, 1.807) is 0 Å². The molecule has 2 fully saturated rings. The first kappa shape index (κ1) is 9.47. The van der Waals surface area contributed by atoms with E-state index in [1.807, 2.05) is 0 Å². The van der Waals surface area contributed by atoms with Gasteiger partial charge in [0.25, 0.3) is 0 Å². The SMILES string of the molecule is CNC(C1CCC1)C1CCOC1C. The van der Waals surface area contributed by atoms with Gasteiger partial charge in [-0.2, -0.15) is 0 Å². The molecule has 1 heterocycles. The van der Waals surface area contributed by atoms with E-state index in [4.69, 9.17) is 4.74 Å². The monoisotopic (exact) mass is 183 g/mol. The van der Waals surface area contributed by atoms with E-state index < -0.39 is 0 Å². The number of ether oxygens (including phenoxy) is 1. The molecular formula is C11H21NO. The molecule has 1 aliphatic carbocycles. The molecule has 1 saturated carbocycles. The highest BCUT2D eigenvalue weighted by molar-refractivity contribution is 4.91. The summed E-state index contributed by atoms with van der Waals surface area (Å²) in [5.41, 5.74) is 0. The second kappa shape index (κ2) is 3.97. The summed E-state index contributed by atoms with van der Waals surface area (Å²) in [5.74, 6) is 1.69. The summed E-state index contributed by atoms with van der Waals surface area (Å²) in [6.45, 7) is 3.19. The van der Waals surface area contributed by atoms with Crippen molar-refractivity contribution in [2.45, 2.75) is 44.8 Å². The third-order valence-corrected chi connectivity index (χ3v) is 3.89. The van der Waals surface area contributed by atoms with Gasteiger partial charge in [-0.15, -0.1) is 0 Å². The zero-order valence-corrected chi connectivity index (χ0v) is 8.75. The van der Waals surface area contributed by atoms with Crippen LogP contribution in [0.15, 0.2) is 0 Å². The molecule has 1 N–H and O–H groups in total. The Labute approximate surface area is 81.0 Å². The van der Waals surface area contributed by atoms with Crippen molar-refractivity contribution in [3.63, 3.8) is 0 Å². The summed E-state index contributed by atoms with van der Waals surface area (Å²) in [6, 6.07) is 0.714. The standard InChI is InChI=1S/C11H21NO/c1-8-10(6-7-13-8)11(12-2)9-4-3-5-9/h8-12H,3-7H2,1-2H3. The molecule has 0 aromatic heterocycles. The highest BCUT2D eigenvalue weighted by atomic mass is 16.5. The maximum absolute atomic E-state index is 5.63. The van der Waals surface area contributed by atoms with E-state index in [0.717, 1.165) is 18.4 Å². The Bertz CT molecular complexity index is 167. The Morgan fingerprint density at radius 2 is 2.08 bits per heavy atom. The largest absolute Gasteiger partial charge is 0.378 e. The Kier molecular flexibility index (Phi) is 2.89. The first-order chi connectivity index (χ1) is 6.33. The van der Waals surface area contributed by atoms with Crippen LogP contribution >= 0.6 is 0 Å². The topological polar surface area (TPSA) is 21.3 Å². The van der Waals surface area contributed by atoms with Crippen molar-refractivity contribution in [3.8, 4) is 0 Å². The average molecular weight is 183 g/mol. The summed E-state index contributed by atoms with van der Waals surface area (Å²) in [4.78, 5) is 0. The van der Waals surface area contributed by atoms with Gasteiger partial charge >= 0.3 is 0 Å². The summed E-state index contributed by atoms with van der Waals surface area (Å²) in [7, 11) is 2.11. The van der Waals surface area contributed by atoms with Crippen molar-refractivity contribution in [1.82, 2.24) is 5.32 Å². The lowest BCUT2D eigenvalue weighted by Crippen LogP contribution is -2.45. The lowest BCUT2D eigenvalue weighted by molar-refractivity contribution is 0.0769. The lowest BCUT2D eigenvalue weighted by Gasteiger charge is -2.38. The van der Waals surface area contributed by atoms with Gasteiger partial charge in [0.2, 0.25) is 0 Å². The predicted molar refractivity (Wildman–Crippen MR) is 53.7 cm³/mol. The molecule has 0 spiro atoms. The van der Waals surface area contributed by atoms with Crippen molar-refractivity contribution in [3.05, 3.63) is 0 Å². The molecule has 0 aromatic rings. The van der Waals surface area contributed by atoms with Gasteiger partial charge in [-0.05, 0) is 39.2 Å². The molecule has 0 amide bonds. The van der Waals surface area contributed by atoms with Crippen LogP contribution in [0.4, 0.5) is 0 Å². The van der Waals surface area contributed by atoms with E-state index in [9.17, 15) is 0 Å². The minimum absolute atomic E-state index is 0.470. The van der Waals surface area contributed by atoms with E-state index in [2.05, 4.69) is 19.3 Å². The molecule has 0 bridgehead atoms. The van der Waals surface area contributed by atoms with E-state index in [0.29, 0.717) is 12.1 Å². The van der Waals surface area contributed by atoms with Crippen molar-refractivity contribution in [2.24, 2.45) is 11.8 Å². The summed E-state index contributed by atoms with van der Waals surface area (Å²) >= 11 is 0. The van der Waals surface area contributed by atoms with Gasteiger partial charge in [-0.25, -0.2) is 0 Å². The molecule has 13 heavy (non-hydrogen) atoms. The summed E-state index contributed by atoms with van der Waals surface area (Å²) < 4.78 is 5.63. The molecule has 0 radical (unpaired) electrons. The molecule has 2 rings (SSSR count). The predicted octanol–water partition coefficient (Wildman–Crippen LogP) is 1.80. The second-order valence-electron chi connectivity index (χ2n) is 4.53. The number of rotatable bonds is 3. The molecule has 0 aromatic carbocycles. The molecule has 76 valence electrons. The average Bonchev–Trinajstić information content (AvgIpc) is 2.43. The van der Waals surface area contributed by atoms with Crippen LogP contribution in [-0.4, -0.2) is 25.8 Å². The van der Waals surface area contributed by atoms with Gasteiger partial charge < -0.3 is 10.1 Å². The third kappa shape index (κ3) is 1.75. The Morgan fingerprint density at radius 3 is 2.46 bits per heavy atom. The normalized spacial score (nSPS) is 37.4. The van der Waals surface area contributed by atoms with Gasteiger partial charge in [0.05, 0.1) is 6.10 Å². The van der Waals surface area contributed by atoms with E-state index in [1.165, 1.54) is 25.7 Å². The second-order valence-corrected chi connectivity index (χ2v) is 4.53. The minimum atomic E-state index is 0.470. The number of hydrogen-bond acceptors (Lipinski definition) is 2. The molecule has 2 heteroatoms. The van der Waals surface area contributed by atoms with Gasteiger partial charge in [-0.3, -0.25) is 0 Å². The molecule has 1 saturated heterocycles. The van der Waals surface area contributed by atoms with Crippen LogP contribution in [0, 0.1) is 11.8 Å². The lowest BCUT2D eigenvalue weighted by atomic mass is 9.73. The van der Waals surface area contributed by atoms with E-state index >= 15 is 0 Å². The number of hydrogen-bond donors (Lipinski definition) is 1. The molecule has 2 nitrogen and oxygen atoms in total. The van der Waals surface area contributed by atoms with Gasteiger partial charge in [0.1, 0.15) is 0 Å². The van der Waals surface area contributed by atoms with Crippen molar-refractivity contribution < 1.29 is 4.74 Å². The fourth-order valence-corrected chi connectivity index (χ4v) is 2.82. The van der Waals surface area contributed by atoms with Crippen LogP contribution in [-0.2, 0) is 4.74 Å². The maximum atomic E-state index is 5.63. The minimum Gasteiger partial charge on any atom is -0.378 e. The third-order valence-electron chi connectivity index (χ3n) is 3.89. The molecule has 1 aliphatic heterocycles. The molecule has 2 aliphatic rings. The molecule has 3 atom stereocenters. The number of nitrogens with one attached hydrogen (secondary N) is 1. The van der Waals surface area contributed by atoms with Crippen LogP contribution < -0.4 is 5.32 Å². The Balaban J connectivity index is 1.94. The molecule has 3 unspecified atom stereocenters. The van der Waals surface area contributed by atoms with Crippen LogP contribution in [0.5, 0.6) is 0 Å². The fourth-order valence-electron chi connectivity index (χ4n) is 2.82. The van der Waals surface area contributed by atoms with Crippen LogP contribution in [0.3, 0.4) is 0 Å².